The Labute approximate surface area is 218 Å². The Morgan fingerprint density at radius 3 is 2.30 bits per heavy atom. The van der Waals surface area contributed by atoms with Gasteiger partial charge in [-0.15, -0.1) is 0 Å². The van der Waals surface area contributed by atoms with Crippen LogP contribution in [0.15, 0.2) is 59.1 Å². The minimum absolute atomic E-state index is 0.0969. The third-order valence-electron chi connectivity index (χ3n) is 5.47. The lowest BCUT2D eigenvalue weighted by molar-refractivity contribution is -0.150. The molecule has 2 aromatic carbocycles. The van der Waals surface area contributed by atoms with Crippen LogP contribution in [0.2, 0.25) is 0 Å². The van der Waals surface area contributed by atoms with E-state index in [0.29, 0.717) is 23.6 Å². The number of allylic oxidation sites excluding steroid dienone is 1. The van der Waals surface area contributed by atoms with Crippen LogP contribution in [0.5, 0.6) is 5.75 Å². The predicted molar refractivity (Wildman–Crippen MR) is 136 cm³/mol. The van der Waals surface area contributed by atoms with Gasteiger partial charge in [0.15, 0.2) is 0 Å². The maximum atomic E-state index is 12.9. The zero-order valence-electron chi connectivity index (χ0n) is 20.4. The van der Waals surface area contributed by atoms with Gasteiger partial charge in [0.05, 0.1) is 48.8 Å². The standard InChI is InChI=1S/C26H25N3O7S/c1-4-36-18-11-9-17(10-12-18)28-20(30)14-37-24-19(13-27)21(22(23(31)29-24)26(33)35-3)15-5-7-16(8-6-15)25(32)34-2/h5-12,21-22H,4,14H2,1-3H3,(H,28,30)(H,29,31)/t21-,22-/m0/s1. The van der Waals surface area contributed by atoms with Crippen molar-refractivity contribution >= 4 is 41.2 Å². The zero-order chi connectivity index (χ0) is 26.9. The van der Waals surface area contributed by atoms with Gasteiger partial charge in [-0.2, -0.15) is 5.26 Å². The fraction of sp³-hybridized carbons (Fsp3) is 0.269. The highest BCUT2D eigenvalue weighted by Crippen LogP contribution is 2.40. The van der Waals surface area contributed by atoms with Crippen molar-refractivity contribution in [2.75, 3.05) is 31.9 Å². The quantitative estimate of drug-likeness (QED) is 0.374. The molecule has 2 atom stereocenters. The third-order valence-corrected chi connectivity index (χ3v) is 6.49. The van der Waals surface area contributed by atoms with Crippen molar-refractivity contribution in [1.29, 1.82) is 5.26 Å². The Kier molecular flexibility index (Phi) is 9.29. The monoisotopic (exact) mass is 523 g/mol. The Bertz CT molecular complexity index is 1250. The fourth-order valence-corrected chi connectivity index (χ4v) is 4.61. The molecular formula is C26H25N3O7S. The van der Waals surface area contributed by atoms with Crippen molar-refractivity contribution in [1.82, 2.24) is 5.32 Å². The molecule has 37 heavy (non-hydrogen) atoms. The highest BCUT2D eigenvalue weighted by atomic mass is 32.2. The van der Waals surface area contributed by atoms with Crippen molar-refractivity contribution in [2.45, 2.75) is 12.8 Å². The molecule has 0 fully saturated rings. The summed E-state index contributed by atoms with van der Waals surface area (Å²) in [6, 6.07) is 15.0. The number of carbonyl (C=O) groups is 4. The van der Waals surface area contributed by atoms with E-state index in [9.17, 15) is 24.4 Å². The van der Waals surface area contributed by atoms with E-state index < -0.39 is 29.7 Å². The van der Waals surface area contributed by atoms with Gasteiger partial charge in [0, 0.05) is 11.6 Å². The van der Waals surface area contributed by atoms with Gasteiger partial charge in [-0.1, -0.05) is 23.9 Å². The predicted octanol–water partition coefficient (Wildman–Crippen LogP) is 2.98. The van der Waals surface area contributed by atoms with E-state index in [4.69, 9.17) is 14.2 Å². The average Bonchev–Trinajstić information content (AvgIpc) is 2.92. The van der Waals surface area contributed by atoms with Gasteiger partial charge in [-0.25, -0.2) is 4.79 Å². The molecule has 0 spiro atoms. The third kappa shape index (κ3) is 6.48. The molecule has 0 saturated carbocycles. The number of nitrogens with one attached hydrogen (secondary N) is 2. The molecule has 1 aliphatic rings. The number of esters is 2. The lowest BCUT2D eigenvalue weighted by Gasteiger charge is -2.31. The first-order chi connectivity index (χ1) is 17.8. The van der Waals surface area contributed by atoms with Crippen LogP contribution in [0.4, 0.5) is 5.69 Å². The average molecular weight is 524 g/mol. The number of carbonyl (C=O) groups excluding carboxylic acids is 4. The smallest absolute Gasteiger partial charge is 0.337 e. The molecule has 0 unspecified atom stereocenters. The summed E-state index contributed by atoms with van der Waals surface area (Å²) in [6.45, 7) is 2.40. The summed E-state index contributed by atoms with van der Waals surface area (Å²) in [6.07, 6.45) is 0. The van der Waals surface area contributed by atoms with Gasteiger partial charge >= 0.3 is 11.9 Å². The summed E-state index contributed by atoms with van der Waals surface area (Å²) in [5, 5.41) is 15.5. The normalized spacial score (nSPS) is 16.8. The molecule has 10 nitrogen and oxygen atoms in total. The van der Waals surface area contributed by atoms with Crippen molar-refractivity contribution in [3.05, 3.63) is 70.3 Å². The van der Waals surface area contributed by atoms with Crippen molar-refractivity contribution < 1.29 is 33.4 Å². The van der Waals surface area contributed by atoms with Gasteiger partial charge < -0.3 is 24.8 Å². The molecule has 2 aromatic rings. The van der Waals surface area contributed by atoms with Crippen LogP contribution in [0.25, 0.3) is 0 Å². The minimum atomic E-state index is -1.33. The summed E-state index contributed by atoms with van der Waals surface area (Å²) in [5.41, 5.74) is 1.38. The second kappa shape index (κ2) is 12.6. The second-order valence-corrected chi connectivity index (χ2v) is 8.72. The Balaban J connectivity index is 1.85. The molecule has 0 saturated heterocycles. The van der Waals surface area contributed by atoms with Gasteiger partial charge in [0.1, 0.15) is 11.7 Å². The number of rotatable bonds is 9. The van der Waals surface area contributed by atoms with E-state index in [2.05, 4.69) is 16.7 Å². The van der Waals surface area contributed by atoms with Crippen LogP contribution in [-0.4, -0.2) is 50.3 Å². The van der Waals surface area contributed by atoms with E-state index in [1.54, 1.807) is 36.4 Å². The summed E-state index contributed by atoms with van der Waals surface area (Å²) >= 11 is 0.966. The molecule has 1 heterocycles. The molecule has 2 amide bonds. The summed E-state index contributed by atoms with van der Waals surface area (Å²) in [5.74, 6) is -4.13. The van der Waals surface area contributed by atoms with E-state index in [0.717, 1.165) is 18.9 Å². The topological polar surface area (TPSA) is 144 Å². The molecule has 3 rings (SSSR count). The van der Waals surface area contributed by atoms with Gasteiger partial charge in [0.2, 0.25) is 11.8 Å². The van der Waals surface area contributed by atoms with Crippen LogP contribution < -0.4 is 15.4 Å². The number of ether oxygens (including phenoxy) is 3. The number of nitrogens with zero attached hydrogens (tertiary/aromatic N) is 1. The van der Waals surface area contributed by atoms with Crippen LogP contribution in [-0.2, 0) is 23.9 Å². The van der Waals surface area contributed by atoms with E-state index >= 15 is 0 Å². The van der Waals surface area contributed by atoms with E-state index in [-0.39, 0.29) is 27.8 Å². The van der Waals surface area contributed by atoms with Crippen LogP contribution in [0.3, 0.4) is 0 Å². The highest BCUT2D eigenvalue weighted by molar-refractivity contribution is 8.03. The number of thioether (sulfide) groups is 1. The fourth-order valence-electron chi connectivity index (χ4n) is 3.76. The molecular weight excluding hydrogens is 498 g/mol. The SMILES string of the molecule is CCOc1ccc(NC(=O)CSC2=C(C#N)[C@H](c3ccc(C(=O)OC)cc3)[C@H](C(=O)OC)C(=O)N2)cc1. The van der Waals surface area contributed by atoms with Gasteiger partial charge in [0.25, 0.3) is 0 Å². The number of nitriles is 1. The number of anilines is 1. The van der Waals surface area contributed by atoms with Crippen molar-refractivity contribution in [3.8, 4) is 11.8 Å². The van der Waals surface area contributed by atoms with Gasteiger partial charge in [-0.3, -0.25) is 14.4 Å². The largest absolute Gasteiger partial charge is 0.494 e. The highest BCUT2D eigenvalue weighted by Gasteiger charge is 2.44. The first-order valence-corrected chi connectivity index (χ1v) is 12.2. The Hall–Kier alpha value is -4.30. The Morgan fingerprint density at radius 1 is 1.05 bits per heavy atom. The maximum Gasteiger partial charge on any atom is 0.337 e. The molecule has 2 N–H and O–H groups in total. The molecule has 1 aliphatic heterocycles. The van der Waals surface area contributed by atoms with E-state index in [1.807, 2.05) is 6.92 Å². The number of hydrogen-bond acceptors (Lipinski definition) is 9. The van der Waals surface area contributed by atoms with Gasteiger partial charge in [-0.05, 0) is 48.9 Å². The van der Waals surface area contributed by atoms with Crippen molar-refractivity contribution in [3.63, 3.8) is 0 Å². The molecule has 0 aliphatic carbocycles. The molecule has 11 heteroatoms. The summed E-state index contributed by atoms with van der Waals surface area (Å²) < 4.78 is 14.9. The number of hydrogen-bond donors (Lipinski definition) is 2. The van der Waals surface area contributed by atoms with E-state index in [1.165, 1.54) is 19.2 Å². The lowest BCUT2D eigenvalue weighted by atomic mass is 9.78. The zero-order valence-corrected chi connectivity index (χ0v) is 21.2. The first kappa shape index (κ1) is 27.3. The molecule has 0 bridgehead atoms. The van der Waals surface area contributed by atoms with Crippen LogP contribution in [0, 0.1) is 17.2 Å². The number of amides is 2. The lowest BCUT2D eigenvalue weighted by Crippen LogP contribution is -2.44. The molecule has 0 radical (unpaired) electrons. The molecule has 192 valence electrons. The minimum Gasteiger partial charge on any atom is -0.494 e. The Morgan fingerprint density at radius 2 is 1.73 bits per heavy atom. The van der Waals surface area contributed by atoms with Crippen LogP contribution >= 0.6 is 11.8 Å². The van der Waals surface area contributed by atoms with Crippen molar-refractivity contribution in [2.24, 2.45) is 5.92 Å². The summed E-state index contributed by atoms with van der Waals surface area (Å²) in [4.78, 5) is 49.8. The second-order valence-electron chi connectivity index (χ2n) is 7.73. The first-order valence-electron chi connectivity index (χ1n) is 11.2. The number of methoxy groups -OCH3 is 2. The van der Waals surface area contributed by atoms with Crippen LogP contribution in [0.1, 0.15) is 28.8 Å². The maximum absolute atomic E-state index is 12.9. The summed E-state index contributed by atoms with van der Waals surface area (Å²) in [7, 11) is 2.40. The molecule has 0 aromatic heterocycles. The number of benzene rings is 2.